The number of carbonyl (C=O) groups excluding carboxylic acids is 1. The number of anilines is 2. The van der Waals surface area contributed by atoms with E-state index >= 15 is 0 Å². The largest absolute Gasteiger partial charge is 0.382 e. The third-order valence-corrected chi connectivity index (χ3v) is 4.87. The van der Waals surface area contributed by atoms with E-state index < -0.39 is 0 Å². The van der Waals surface area contributed by atoms with Gasteiger partial charge in [-0.2, -0.15) is 11.8 Å². The summed E-state index contributed by atoms with van der Waals surface area (Å²) in [6, 6.07) is 8.88. The second-order valence-electron chi connectivity index (χ2n) is 5.23. The molecule has 4 heteroatoms. The van der Waals surface area contributed by atoms with Crippen LogP contribution in [0.3, 0.4) is 0 Å². The highest BCUT2D eigenvalue weighted by Gasteiger charge is 2.22. The highest BCUT2D eigenvalue weighted by atomic mass is 32.2. The zero-order valence-electron chi connectivity index (χ0n) is 11.1. The lowest BCUT2D eigenvalue weighted by Crippen LogP contribution is -2.25. The van der Waals surface area contributed by atoms with E-state index in [9.17, 15) is 4.79 Å². The van der Waals surface area contributed by atoms with Crippen molar-refractivity contribution < 1.29 is 4.79 Å². The number of carbonyl (C=O) groups is 1. The molecule has 2 aliphatic heterocycles. The minimum absolute atomic E-state index is 0.256. The highest BCUT2D eigenvalue weighted by molar-refractivity contribution is 7.99. The standard InChI is InChI=1S/C15H20N2OS/c18-15-5-2-8-17(15)14-4-1-3-13(11-14)16-12-6-9-19-10-7-12/h1,3-4,11-12,16H,2,5-10H2. The summed E-state index contributed by atoms with van der Waals surface area (Å²) in [6.07, 6.45) is 4.14. The molecule has 1 aromatic rings. The van der Waals surface area contributed by atoms with Gasteiger partial charge in [0.25, 0.3) is 0 Å². The van der Waals surface area contributed by atoms with Crippen molar-refractivity contribution in [1.29, 1.82) is 0 Å². The molecule has 3 rings (SSSR count). The minimum Gasteiger partial charge on any atom is -0.382 e. The third kappa shape index (κ3) is 3.06. The summed E-state index contributed by atoms with van der Waals surface area (Å²) in [5, 5.41) is 3.61. The number of rotatable bonds is 3. The Hall–Kier alpha value is -1.16. The number of nitrogens with zero attached hydrogens (tertiary/aromatic N) is 1. The molecule has 2 heterocycles. The molecule has 1 amide bonds. The molecule has 0 atom stereocenters. The average Bonchev–Trinajstić information content (AvgIpc) is 2.86. The SMILES string of the molecule is O=C1CCCN1c1cccc(NC2CCSCC2)c1. The Kier molecular flexibility index (Phi) is 3.97. The number of benzene rings is 1. The van der Waals surface area contributed by atoms with Gasteiger partial charge in [0.15, 0.2) is 0 Å². The summed E-state index contributed by atoms with van der Waals surface area (Å²) >= 11 is 2.04. The quantitative estimate of drug-likeness (QED) is 0.920. The van der Waals surface area contributed by atoms with Gasteiger partial charge < -0.3 is 10.2 Å². The van der Waals surface area contributed by atoms with Gasteiger partial charge in [0.2, 0.25) is 5.91 Å². The maximum atomic E-state index is 11.8. The normalized spacial score (nSPS) is 20.8. The van der Waals surface area contributed by atoms with Crippen molar-refractivity contribution in [3.8, 4) is 0 Å². The Morgan fingerprint density at radius 1 is 1.26 bits per heavy atom. The number of amides is 1. The van der Waals surface area contributed by atoms with Crippen molar-refractivity contribution in [3.63, 3.8) is 0 Å². The number of hydrogen-bond acceptors (Lipinski definition) is 3. The third-order valence-electron chi connectivity index (χ3n) is 3.82. The zero-order valence-corrected chi connectivity index (χ0v) is 11.9. The van der Waals surface area contributed by atoms with Gasteiger partial charge in [-0.3, -0.25) is 4.79 Å². The van der Waals surface area contributed by atoms with E-state index in [0.29, 0.717) is 12.5 Å². The number of nitrogens with one attached hydrogen (secondary N) is 1. The molecular weight excluding hydrogens is 256 g/mol. The first-order valence-electron chi connectivity index (χ1n) is 7.08. The first kappa shape index (κ1) is 12.9. The summed E-state index contributed by atoms with van der Waals surface area (Å²) < 4.78 is 0. The minimum atomic E-state index is 0.256. The van der Waals surface area contributed by atoms with Crippen LogP contribution in [-0.2, 0) is 4.79 Å². The van der Waals surface area contributed by atoms with Gasteiger partial charge in [0.1, 0.15) is 0 Å². The molecule has 0 saturated carbocycles. The second-order valence-corrected chi connectivity index (χ2v) is 6.45. The van der Waals surface area contributed by atoms with E-state index in [4.69, 9.17) is 0 Å². The molecule has 0 bridgehead atoms. The molecule has 0 radical (unpaired) electrons. The van der Waals surface area contributed by atoms with E-state index in [1.54, 1.807) is 0 Å². The summed E-state index contributed by atoms with van der Waals surface area (Å²) in [7, 11) is 0. The predicted octanol–water partition coefficient (Wildman–Crippen LogP) is 3.12. The molecule has 19 heavy (non-hydrogen) atoms. The van der Waals surface area contributed by atoms with Crippen LogP contribution in [-0.4, -0.2) is 30.0 Å². The van der Waals surface area contributed by atoms with Gasteiger partial charge in [0.05, 0.1) is 0 Å². The van der Waals surface area contributed by atoms with Crippen LogP contribution in [0.15, 0.2) is 24.3 Å². The zero-order chi connectivity index (χ0) is 13.1. The van der Waals surface area contributed by atoms with Crippen LogP contribution in [0.2, 0.25) is 0 Å². The summed E-state index contributed by atoms with van der Waals surface area (Å²) in [6.45, 7) is 0.863. The van der Waals surface area contributed by atoms with Crippen LogP contribution >= 0.6 is 11.8 Å². The van der Waals surface area contributed by atoms with Crippen molar-refractivity contribution in [1.82, 2.24) is 0 Å². The van der Waals surface area contributed by atoms with Crippen LogP contribution in [0, 0.1) is 0 Å². The fourth-order valence-corrected chi connectivity index (χ4v) is 3.87. The molecule has 0 unspecified atom stereocenters. The van der Waals surface area contributed by atoms with E-state index in [2.05, 4.69) is 17.4 Å². The van der Waals surface area contributed by atoms with E-state index in [1.165, 1.54) is 24.3 Å². The summed E-state index contributed by atoms with van der Waals surface area (Å²) in [4.78, 5) is 13.7. The van der Waals surface area contributed by atoms with E-state index in [1.807, 2.05) is 28.8 Å². The lowest BCUT2D eigenvalue weighted by Gasteiger charge is -2.24. The summed E-state index contributed by atoms with van der Waals surface area (Å²) in [5.74, 6) is 2.76. The van der Waals surface area contributed by atoms with Crippen LogP contribution < -0.4 is 10.2 Å². The predicted molar refractivity (Wildman–Crippen MR) is 82.0 cm³/mol. The molecule has 1 aromatic carbocycles. The molecule has 2 fully saturated rings. The molecule has 1 N–H and O–H groups in total. The first-order chi connectivity index (χ1) is 9.33. The number of thioether (sulfide) groups is 1. The van der Waals surface area contributed by atoms with Crippen LogP contribution in [0.4, 0.5) is 11.4 Å². The van der Waals surface area contributed by atoms with Gasteiger partial charge in [-0.05, 0) is 49.0 Å². The van der Waals surface area contributed by atoms with Crippen molar-refractivity contribution in [2.45, 2.75) is 31.7 Å². The smallest absolute Gasteiger partial charge is 0.227 e. The van der Waals surface area contributed by atoms with Crippen LogP contribution in [0.1, 0.15) is 25.7 Å². The second kappa shape index (κ2) is 5.87. The lowest BCUT2D eigenvalue weighted by molar-refractivity contribution is -0.117. The maximum Gasteiger partial charge on any atom is 0.227 e. The van der Waals surface area contributed by atoms with E-state index in [-0.39, 0.29) is 5.91 Å². The van der Waals surface area contributed by atoms with Crippen LogP contribution in [0.25, 0.3) is 0 Å². The molecule has 0 aromatic heterocycles. The Bertz CT molecular complexity index is 457. The van der Waals surface area contributed by atoms with Crippen molar-refractivity contribution in [2.24, 2.45) is 0 Å². The Morgan fingerprint density at radius 2 is 2.11 bits per heavy atom. The first-order valence-corrected chi connectivity index (χ1v) is 8.23. The lowest BCUT2D eigenvalue weighted by atomic mass is 10.1. The van der Waals surface area contributed by atoms with Crippen molar-refractivity contribution in [3.05, 3.63) is 24.3 Å². The van der Waals surface area contributed by atoms with Gasteiger partial charge in [-0.1, -0.05) is 6.07 Å². The summed E-state index contributed by atoms with van der Waals surface area (Å²) in [5.41, 5.74) is 2.19. The average molecular weight is 276 g/mol. The highest BCUT2D eigenvalue weighted by Crippen LogP contribution is 2.26. The van der Waals surface area contributed by atoms with Gasteiger partial charge >= 0.3 is 0 Å². The fourth-order valence-electron chi connectivity index (χ4n) is 2.76. The molecule has 0 spiro atoms. The van der Waals surface area contributed by atoms with E-state index in [0.717, 1.165) is 24.3 Å². The topological polar surface area (TPSA) is 32.3 Å². The molecule has 0 aliphatic carbocycles. The van der Waals surface area contributed by atoms with Gasteiger partial charge in [-0.25, -0.2) is 0 Å². The van der Waals surface area contributed by atoms with Crippen LogP contribution in [0.5, 0.6) is 0 Å². The Labute approximate surface area is 118 Å². The monoisotopic (exact) mass is 276 g/mol. The molecule has 3 nitrogen and oxygen atoms in total. The molecule has 2 aliphatic rings. The molecule has 102 valence electrons. The Balaban J connectivity index is 1.70. The fraction of sp³-hybridized carbons (Fsp3) is 0.533. The molecular formula is C15H20N2OS. The van der Waals surface area contributed by atoms with Crippen molar-refractivity contribution >= 4 is 29.0 Å². The maximum absolute atomic E-state index is 11.8. The van der Waals surface area contributed by atoms with Gasteiger partial charge in [-0.15, -0.1) is 0 Å². The van der Waals surface area contributed by atoms with Gasteiger partial charge in [0, 0.05) is 30.4 Å². The van der Waals surface area contributed by atoms with Crippen molar-refractivity contribution in [2.75, 3.05) is 28.3 Å². The Morgan fingerprint density at radius 3 is 2.84 bits per heavy atom. The molecule has 2 saturated heterocycles. The number of hydrogen-bond donors (Lipinski definition) is 1.